The second-order valence-electron chi connectivity index (χ2n) is 7.35. The largest absolute Gasteiger partial charge is 0.490 e. The fraction of sp³-hybridized carbons (Fsp3) is 0.318. The van der Waals surface area contributed by atoms with Gasteiger partial charge in [-0.1, -0.05) is 28.1 Å². The SMILES string of the molecule is O=C(CN(Cc1ccc(Br)cc1)C(=O)c1ccc(F)c(F)c1)N1CCNCC1.O=C(O)C(F)(F)F. The van der Waals surface area contributed by atoms with E-state index >= 15 is 0 Å². The lowest BCUT2D eigenvalue weighted by Gasteiger charge is -2.30. The van der Waals surface area contributed by atoms with Gasteiger partial charge in [-0.15, -0.1) is 0 Å². The molecule has 0 aliphatic carbocycles. The minimum absolute atomic E-state index is 0.00382. The first-order valence-corrected chi connectivity index (χ1v) is 10.9. The summed E-state index contributed by atoms with van der Waals surface area (Å²) in [5.41, 5.74) is 0.830. The molecular formula is C22H21BrF5N3O4. The van der Waals surface area contributed by atoms with Crippen LogP contribution in [0.5, 0.6) is 0 Å². The number of hydrogen-bond acceptors (Lipinski definition) is 4. The number of carboxylic acids is 1. The van der Waals surface area contributed by atoms with Crippen molar-refractivity contribution in [3.05, 3.63) is 69.7 Å². The van der Waals surface area contributed by atoms with Crippen molar-refractivity contribution < 1.29 is 41.4 Å². The number of rotatable bonds is 5. The first-order valence-electron chi connectivity index (χ1n) is 10.2. The minimum Gasteiger partial charge on any atom is -0.475 e. The molecule has 0 radical (unpaired) electrons. The maximum Gasteiger partial charge on any atom is 0.490 e. The van der Waals surface area contributed by atoms with Crippen molar-refractivity contribution in [2.24, 2.45) is 0 Å². The van der Waals surface area contributed by atoms with Crippen LogP contribution in [0.1, 0.15) is 15.9 Å². The van der Waals surface area contributed by atoms with E-state index in [0.717, 1.165) is 22.2 Å². The van der Waals surface area contributed by atoms with E-state index in [1.54, 1.807) is 4.90 Å². The van der Waals surface area contributed by atoms with E-state index in [9.17, 15) is 31.5 Å². The number of nitrogens with zero attached hydrogens (tertiary/aromatic N) is 2. The highest BCUT2D eigenvalue weighted by molar-refractivity contribution is 9.10. The summed E-state index contributed by atoms with van der Waals surface area (Å²) in [6.45, 7) is 2.61. The van der Waals surface area contributed by atoms with Crippen LogP contribution in [0.3, 0.4) is 0 Å². The van der Waals surface area contributed by atoms with Gasteiger partial charge in [-0.05, 0) is 35.9 Å². The smallest absolute Gasteiger partial charge is 0.475 e. The Morgan fingerprint density at radius 2 is 1.57 bits per heavy atom. The minimum atomic E-state index is -5.08. The zero-order chi connectivity index (χ0) is 26.2. The standard InChI is InChI=1S/C20H20BrF2N3O2.C2HF3O2/c21-16-4-1-14(2-5-16)12-26(13-19(27)25-9-7-24-8-10-25)20(28)15-3-6-17(22)18(23)11-15;3-2(4,5)1(6)7/h1-6,11,24H,7-10,12-13H2;(H,6,7). The summed E-state index contributed by atoms with van der Waals surface area (Å²) in [4.78, 5) is 37.6. The highest BCUT2D eigenvalue weighted by Gasteiger charge is 2.38. The predicted octanol–water partition coefficient (Wildman–Crippen LogP) is 3.43. The van der Waals surface area contributed by atoms with Crippen molar-refractivity contribution in [2.45, 2.75) is 12.7 Å². The normalized spacial score (nSPS) is 13.5. The van der Waals surface area contributed by atoms with Crippen LogP contribution in [-0.4, -0.2) is 71.6 Å². The van der Waals surface area contributed by atoms with Gasteiger partial charge in [0.15, 0.2) is 11.6 Å². The van der Waals surface area contributed by atoms with Crippen molar-refractivity contribution in [2.75, 3.05) is 32.7 Å². The predicted molar refractivity (Wildman–Crippen MR) is 118 cm³/mol. The molecule has 1 aliphatic heterocycles. The van der Waals surface area contributed by atoms with Crippen LogP contribution >= 0.6 is 15.9 Å². The molecular weight excluding hydrogens is 545 g/mol. The summed E-state index contributed by atoms with van der Waals surface area (Å²) >= 11 is 3.36. The molecule has 1 aliphatic rings. The van der Waals surface area contributed by atoms with Crippen molar-refractivity contribution >= 4 is 33.7 Å². The number of alkyl halides is 3. The number of aliphatic carboxylic acids is 1. The Kier molecular flexibility index (Phi) is 10.1. The Hall–Kier alpha value is -3.06. The van der Waals surface area contributed by atoms with Crippen LogP contribution in [0.2, 0.25) is 0 Å². The third-order valence-electron chi connectivity index (χ3n) is 4.78. The Bertz CT molecular complexity index is 1040. The van der Waals surface area contributed by atoms with Gasteiger partial charge in [-0.2, -0.15) is 13.2 Å². The highest BCUT2D eigenvalue weighted by Crippen LogP contribution is 2.16. The van der Waals surface area contributed by atoms with Gasteiger partial charge < -0.3 is 20.2 Å². The van der Waals surface area contributed by atoms with Crippen LogP contribution in [0.4, 0.5) is 22.0 Å². The Labute approximate surface area is 205 Å². The van der Waals surface area contributed by atoms with Crippen molar-refractivity contribution in [3.63, 3.8) is 0 Å². The molecule has 0 saturated carbocycles. The fourth-order valence-corrected chi connectivity index (χ4v) is 3.26. The van der Waals surface area contributed by atoms with Gasteiger partial charge in [0.25, 0.3) is 5.91 Å². The molecule has 0 spiro atoms. The summed E-state index contributed by atoms with van der Waals surface area (Å²) in [6.07, 6.45) is -5.08. The van der Waals surface area contributed by atoms with Crippen LogP contribution in [0.25, 0.3) is 0 Å². The van der Waals surface area contributed by atoms with Gasteiger partial charge in [0.1, 0.15) is 6.54 Å². The average molecular weight is 566 g/mol. The first-order chi connectivity index (χ1) is 16.4. The molecule has 2 N–H and O–H groups in total. The van der Waals surface area contributed by atoms with E-state index in [2.05, 4.69) is 21.2 Å². The quantitative estimate of drug-likeness (QED) is 0.542. The molecule has 13 heteroatoms. The molecule has 0 bridgehead atoms. The number of hydrogen-bond donors (Lipinski definition) is 2. The zero-order valence-corrected chi connectivity index (χ0v) is 19.7. The van der Waals surface area contributed by atoms with Gasteiger partial charge in [0.05, 0.1) is 0 Å². The number of carbonyl (C=O) groups is 3. The second kappa shape index (κ2) is 12.6. The molecule has 3 rings (SSSR count). The van der Waals surface area contributed by atoms with Crippen LogP contribution in [0.15, 0.2) is 46.9 Å². The molecule has 35 heavy (non-hydrogen) atoms. The lowest BCUT2D eigenvalue weighted by molar-refractivity contribution is -0.192. The monoisotopic (exact) mass is 565 g/mol. The van der Waals surface area contributed by atoms with E-state index in [1.165, 1.54) is 11.0 Å². The van der Waals surface area contributed by atoms with E-state index in [0.29, 0.717) is 26.2 Å². The molecule has 1 saturated heterocycles. The number of benzene rings is 2. The van der Waals surface area contributed by atoms with Gasteiger partial charge in [-0.3, -0.25) is 9.59 Å². The molecule has 0 atom stereocenters. The molecule has 2 aromatic rings. The number of carbonyl (C=O) groups excluding carboxylic acids is 2. The van der Waals surface area contributed by atoms with Gasteiger partial charge in [-0.25, -0.2) is 13.6 Å². The maximum absolute atomic E-state index is 13.6. The Morgan fingerprint density at radius 1 is 1.00 bits per heavy atom. The van der Waals surface area contributed by atoms with Gasteiger partial charge in [0.2, 0.25) is 5.91 Å². The molecule has 190 valence electrons. The lowest BCUT2D eigenvalue weighted by atomic mass is 10.1. The molecule has 1 heterocycles. The molecule has 2 amide bonds. The maximum atomic E-state index is 13.6. The van der Waals surface area contributed by atoms with Crippen molar-refractivity contribution in [3.8, 4) is 0 Å². The summed E-state index contributed by atoms with van der Waals surface area (Å²) in [5, 5.41) is 10.3. The van der Waals surface area contributed by atoms with E-state index < -0.39 is 29.7 Å². The summed E-state index contributed by atoms with van der Waals surface area (Å²) < 4.78 is 59.5. The molecule has 0 aromatic heterocycles. The van der Waals surface area contributed by atoms with Gasteiger partial charge in [0, 0.05) is 42.8 Å². The number of amides is 2. The van der Waals surface area contributed by atoms with Crippen molar-refractivity contribution in [1.82, 2.24) is 15.1 Å². The van der Waals surface area contributed by atoms with Crippen LogP contribution in [0, 0.1) is 11.6 Å². The molecule has 0 unspecified atom stereocenters. The topological polar surface area (TPSA) is 90.0 Å². The van der Waals surface area contributed by atoms with Crippen molar-refractivity contribution in [1.29, 1.82) is 0 Å². The van der Waals surface area contributed by atoms with E-state index in [1.807, 2.05) is 24.3 Å². The third kappa shape index (κ3) is 8.91. The van der Waals surface area contributed by atoms with E-state index in [4.69, 9.17) is 9.90 Å². The molecule has 2 aromatic carbocycles. The lowest BCUT2D eigenvalue weighted by Crippen LogP contribution is -2.50. The summed E-state index contributed by atoms with van der Waals surface area (Å²) in [7, 11) is 0. The third-order valence-corrected chi connectivity index (χ3v) is 5.31. The van der Waals surface area contributed by atoms with Crippen LogP contribution in [-0.2, 0) is 16.1 Å². The first kappa shape index (κ1) is 28.2. The zero-order valence-electron chi connectivity index (χ0n) is 18.1. The average Bonchev–Trinajstić information content (AvgIpc) is 2.81. The summed E-state index contributed by atoms with van der Waals surface area (Å²) in [5.74, 6) is -5.57. The number of piperazine rings is 1. The molecule has 1 fully saturated rings. The Balaban J connectivity index is 0.000000540. The number of carboxylic acid groups (broad SMARTS) is 1. The van der Waals surface area contributed by atoms with Crippen LogP contribution < -0.4 is 5.32 Å². The fourth-order valence-electron chi connectivity index (χ4n) is 3.00. The Morgan fingerprint density at radius 3 is 2.09 bits per heavy atom. The second-order valence-corrected chi connectivity index (χ2v) is 8.27. The van der Waals surface area contributed by atoms with Gasteiger partial charge >= 0.3 is 12.1 Å². The highest BCUT2D eigenvalue weighted by atomic mass is 79.9. The summed E-state index contributed by atoms with van der Waals surface area (Å²) in [6, 6.07) is 10.4. The molecule has 7 nitrogen and oxygen atoms in total. The number of halogens is 6. The number of nitrogens with one attached hydrogen (secondary N) is 1. The van der Waals surface area contributed by atoms with E-state index in [-0.39, 0.29) is 24.6 Å².